The molecule has 6 heteroatoms. The third-order valence-corrected chi connectivity index (χ3v) is 4.61. The van der Waals surface area contributed by atoms with E-state index in [-0.39, 0.29) is 17.9 Å². The van der Waals surface area contributed by atoms with Crippen LogP contribution in [0.25, 0.3) is 0 Å². The maximum absolute atomic E-state index is 12.1. The van der Waals surface area contributed by atoms with Crippen LogP contribution in [0, 0.1) is 0 Å². The van der Waals surface area contributed by atoms with E-state index in [0.717, 1.165) is 19.4 Å². The van der Waals surface area contributed by atoms with Crippen LogP contribution in [0.1, 0.15) is 28.9 Å². The lowest BCUT2D eigenvalue weighted by molar-refractivity contribution is -0.116. The zero-order chi connectivity index (χ0) is 16.1. The predicted molar refractivity (Wildman–Crippen MR) is 93.0 cm³/mol. The van der Waals surface area contributed by atoms with Gasteiger partial charge in [-0.05, 0) is 49.0 Å². The van der Waals surface area contributed by atoms with E-state index >= 15 is 0 Å². The van der Waals surface area contributed by atoms with Gasteiger partial charge in [0.1, 0.15) is 0 Å². The number of benzene rings is 1. The van der Waals surface area contributed by atoms with Gasteiger partial charge in [0.2, 0.25) is 5.91 Å². The summed E-state index contributed by atoms with van der Waals surface area (Å²) in [7, 11) is 0. The Hall–Kier alpha value is -2.18. The Labute approximate surface area is 139 Å². The summed E-state index contributed by atoms with van der Waals surface area (Å²) in [4.78, 5) is 24.8. The summed E-state index contributed by atoms with van der Waals surface area (Å²) in [5, 5.41) is 10.9. The topological polar surface area (TPSA) is 70.2 Å². The van der Waals surface area contributed by atoms with Gasteiger partial charge in [0.15, 0.2) is 0 Å². The van der Waals surface area contributed by atoms with Gasteiger partial charge in [0, 0.05) is 23.8 Å². The molecular weight excluding hydrogens is 310 g/mol. The fourth-order valence-corrected chi connectivity index (χ4v) is 3.26. The van der Waals surface area contributed by atoms with Crippen LogP contribution in [-0.2, 0) is 4.79 Å². The molecule has 23 heavy (non-hydrogen) atoms. The fourth-order valence-electron chi connectivity index (χ4n) is 2.64. The molecule has 2 amide bonds. The number of amides is 2. The van der Waals surface area contributed by atoms with Crippen molar-refractivity contribution in [3.63, 3.8) is 0 Å². The molecule has 1 aromatic carbocycles. The number of nitrogens with one attached hydrogen (secondary N) is 3. The second-order valence-electron chi connectivity index (χ2n) is 5.56. The molecule has 0 aliphatic carbocycles. The standard InChI is InChI=1S/C17H19N3O2S/c21-16(11-12-6-2-8-18-12)19-13-4-1-5-14(10-13)20-17(22)15-7-3-9-23-15/h1,3-5,7,9-10,12,18H,2,6,8,11H2,(H,19,21)(H,20,22). The van der Waals surface area contributed by atoms with Crippen molar-refractivity contribution in [3.8, 4) is 0 Å². The first kappa shape index (κ1) is 15.7. The lowest BCUT2D eigenvalue weighted by Gasteiger charge is -2.11. The van der Waals surface area contributed by atoms with E-state index in [1.165, 1.54) is 11.3 Å². The van der Waals surface area contributed by atoms with Crippen LogP contribution in [0.15, 0.2) is 41.8 Å². The minimum Gasteiger partial charge on any atom is -0.326 e. The van der Waals surface area contributed by atoms with E-state index < -0.39 is 0 Å². The van der Waals surface area contributed by atoms with Crippen LogP contribution in [-0.4, -0.2) is 24.4 Å². The molecule has 1 fully saturated rings. The summed E-state index contributed by atoms with van der Waals surface area (Å²) >= 11 is 1.39. The van der Waals surface area contributed by atoms with Gasteiger partial charge in [0.05, 0.1) is 4.88 Å². The van der Waals surface area contributed by atoms with Gasteiger partial charge in [-0.15, -0.1) is 11.3 Å². The molecule has 3 rings (SSSR count). The summed E-state index contributed by atoms with van der Waals surface area (Å²) < 4.78 is 0. The molecule has 120 valence electrons. The minimum absolute atomic E-state index is 0.00821. The van der Waals surface area contributed by atoms with E-state index in [9.17, 15) is 9.59 Å². The average molecular weight is 329 g/mol. The fraction of sp³-hybridized carbons (Fsp3) is 0.294. The predicted octanol–water partition coefficient (Wildman–Crippen LogP) is 3.08. The maximum atomic E-state index is 12.1. The van der Waals surface area contributed by atoms with Crippen molar-refractivity contribution in [2.45, 2.75) is 25.3 Å². The number of thiophene rings is 1. The van der Waals surface area contributed by atoms with Gasteiger partial charge in [-0.1, -0.05) is 12.1 Å². The number of hydrogen-bond acceptors (Lipinski definition) is 4. The highest BCUT2D eigenvalue weighted by molar-refractivity contribution is 7.12. The Morgan fingerprint density at radius 2 is 2.00 bits per heavy atom. The van der Waals surface area contributed by atoms with E-state index in [1.54, 1.807) is 18.2 Å². The highest BCUT2D eigenvalue weighted by atomic mass is 32.1. The summed E-state index contributed by atoms with van der Waals surface area (Å²) in [6, 6.07) is 11.1. The van der Waals surface area contributed by atoms with Gasteiger partial charge < -0.3 is 16.0 Å². The molecule has 1 atom stereocenters. The number of anilines is 2. The van der Waals surface area contributed by atoms with Crippen molar-refractivity contribution in [2.75, 3.05) is 17.2 Å². The van der Waals surface area contributed by atoms with Gasteiger partial charge in [0.25, 0.3) is 5.91 Å². The molecule has 0 spiro atoms. The van der Waals surface area contributed by atoms with E-state index in [2.05, 4.69) is 16.0 Å². The normalized spacial score (nSPS) is 17.0. The van der Waals surface area contributed by atoms with Gasteiger partial charge >= 0.3 is 0 Å². The van der Waals surface area contributed by atoms with Crippen molar-refractivity contribution >= 4 is 34.5 Å². The van der Waals surface area contributed by atoms with Crippen LogP contribution in [0.5, 0.6) is 0 Å². The Morgan fingerprint density at radius 1 is 1.17 bits per heavy atom. The lowest BCUT2D eigenvalue weighted by Crippen LogP contribution is -2.27. The highest BCUT2D eigenvalue weighted by Crippen LogP contribution is 2.18. The first-order valence-corrected chi connectivity index (χ1v) is 8.57. The Kier molecular flexibility index (Phi) is 5.05. The Morgan fingerprint density at radius 3 is 2.70 bits per heavy atom. The van der Waals surface area contributed by atoms with Crippen molar-refractivity contribution in [1.82, 2.24) is 5.32 Å². The molecule has 1 saturated heterocycles. The monoisotopic (exact) mass is 329 g/mol. The van der Waals surface area contributed by atoms with Crippen LogP contribution < -0.4 is 16.0 Å². The molecule has 1 aromatic heterocycles. The smallest absolute Gasteiger partial charge is 0.265 e. The first-order chi connectivity index (χ1) is 11.2. The summed E-state index contributed by atoms with van der Waals surface area (Å²) in [6.07, 6.45) is 2.65. The van der Waals surface area contributed by atoms with Crippen LogP contribution in [0.3, 0.4) is 0 Å². The molecule has 1 aliphatic heterocycles. The van der Waals surface area contributed by atoms with Crippen molar-refractivity contribution in [3.05, 3.63) is 46.7 Å². The molecule has 5 nitrogen and oxygen atoms in total. The highest BCUT2D eigenvalue weighted by Gasteiger charge is 2.17. The summed E-state index contributed by atoms with van der Waals surface area (Å²) in [6.45, 7) is 0.988. The average Bonchev–Trinajstić information content (AvgIpc) is 3.20. The lowest BCUT2D eigenvalue weighted by atomic mass is 10.1. The molecule has 2 heterocycles. The molecule has 0 radical (unpaired) electrons. The Balaban J connectivity index is 1.58. The van der Waals surface area contributed by atoms with E-state index in [0.29, 0.717) is 22.7 Å². The minimum atomic E-state index is -0.140. The maximum Gasteiger partial charge on any atom is 0.265 e. The number of carbonyl (C=O) groups is 2. The zero-order valence-electron chi connectivity index (χ0n) is 12.7. The Bertz CT molecular complexity index is 679. The molecule has 0 saturated carbocycles. The zero-order valence-corrected chi connectivity index (χ0v) is 13.5. The van der Waals surface area contributed by atoms with E-state index in [4.69, 9.17) is 0 Å². The number of hydrogen-bond donors (Lipinski definition) is 3. The van der Waals surface area contributed by atoms with Crippen molar-refractivity contribution in [2.24, 2.45) is 0 Å². The quantitative estimate of drug-likeness (QED) is 0.789. The van der Waals surface area contributed by atoms with Crippen molar-refractivity contribution in [1.29, 1.82) is 0 Å². The second-order valence-corrected chi connectivity index (χ2v) is 6.51. The molecule has 1 aliphatic rings. The van der Waals surface area contributed by atoms with Gasteiger partial charge in [-0.2, -0.15) is 0 Å². The first-order valence-electron chi connectivity index (χ1n) is 7.69. The molecule has 0 bridgehead atoms. The summed E-state index contributed by atoms with van der Waals surface area (Å²) in [5.74, 6) is -0.148. The number of rotatable bonds is 5. The van der Waals surface area contributed by atoms with Gasteiger partial charge in [-0.3, -0.25) is 9.59 Å². The van der Waals surface area contributed by atoms with Crippen LogP contribution in [0.4, 0.5) is 11.4 Å². The van der Waals surface area contributed by atoms with Crippen LogP contribution >= 0.6 is 11.3 Å². The summed E-state index contributed by atoms with van der Waals surface area (Å²) in [5.41, 5.74) is 1.36. The van der Waals surface area contributed by atoms with Crippen molar-refractivity contribution < 1.29 is 9.59 Å². The van der Waals surface area contributed by atoms with Gasteiger partial charge in [-0.25, -0.2) is 0 Å². The van der Waals surface area contributed by atoms with Crippen LogP contribution in [0.2, 0.25) is 0 Å². The van der Waals surface area contributed by atoms with E-state index in [1.807, 2.05) is 23.6 Å². The molecule has 2 aromatic rings. The SMILES string of the molecule is O=C(CC1CCCN1)Nc1cccc(NC(=O)c2cccs2)c1. The molecule has 1 unspecified atom stereocenters. The largest absolute Gasteiger partial charge is 0.326 e. The molecule has 3 N–H and O–H groups in total. The second kappa shape index (κ2) is 7.39. The third-order valence-electron chi connectivity index (χ3n) is 3.74. The number of carbonyl (C=O) groups excluding carboxylic acids is 2. The third kappa shape index (κ3) is 4.40. The molecular formula is C17H19N3O2S.